The molecule has 4 heteroatoms. The molecule has 2 unspecified atom stereocenters. The van der Waals surface area contributed by atoms with Crippen molar-refractivity contribution in [3.05, 3.63) is 0 Å². The third-order valence-corrected chi connectivity index (χ3v) is 3.59. The molecule has 2 N–H and O–H groups in total. The molecule has 1 heterocycles. The largest absolute Gasteiger partial charge is 0.381 e. The Bertz CT molecular complexity index is 250. The van der Waals surface area contributed by atoms with Gasteiger partial charge in [-0.1, -0.05) is 13.8 Å². The fourth-order valence-corrected chi connectivity index (χ4v) is 2.54. The molecule has 1 rings (SSSR count). The average Bonchev–Trinajstić information content (AvgIpc) is 2.84. The van der Waals surface area contributed by atoms with E-state index in [0.29, 0.717) is 18.4 Å². The maximum absolute atomic E-state index is 12.4. The Morgan fingerprint density at radius 2 is 2.22 bits per heavy atom. The number of rotatable bonds is 7. The number of amides is 1. The summed E-state index contributed by atoms with van der Waals surface area (Å²) in [5.74, 6) is 1.22. The Morgan fingerprint density at radius 1 is 1.50 bits per heavy atom. The number of carbonyl (C=O) groups excluding carboxylic acids is 1. The van der Waals surface area contributed by atoms with Crippen molar-refractivity contribution < 1.29 is 9.53 Å². The van der Waals surface area contributed by atoms with Crippen molar-refractivity contribution in [2.24, 2.45) is 23.5 Å². The first-order chi connectivity index (χ1) is 8.58. The highest BCUT2D eigenvalue weighted by Crippen LogP contribution is 2.18. The lowest BCUT2D eigenvalue weighted by Gasteiger charge is -2.28. The van der Waals surface area contributed by atoms with Gasteiger partial charge in [0.1, 0.15) is 0 Å². The van der Waals surface area contributed by atoms with Crippen LogP contribution in [0.3, 0.4) is 0 Å². The first-order valence-corrected chi connectivity index (χ1v) is 7.15. The highest BCUT2D eigenvalue weighted by atomic mass is 16.5. The number of nitrogens with zero attached hydrogens (tertiary/aromatic N) is 1. The molecule has 1 fully saturated rings. The Labute approximate surface area is 111 Å². The number of carbonyl (C=O) groups is 1. The van der Waals surface area contributed by atoms with E-state index < -0.39 is 0 Å². The zero-order chi connectivity index (χ0) is 13.5. The van der Waals surface area contributed by atoms with Gasteiger partial charge in [-0.05, 0) is 25.7 Å². The van der Waals surface area contributed by atoms with Gasteiger partial charge in [0, 0.05) is 32.2 Å². The number of hydrogen-bond acceptors (Lipinski definition) is 3. The summed E-state index contributed by atoms with van der Waals surface area (Å²) in [5.41, 5.74) is 5.75. The van der Waals surface area contributed by atoms with Crippen molar-refractivity contribution in [3.63, 3.8) is 0 Å². The van der Waals surface area contributed by atoms with Crippen LogP contribution in [-0.4, -0.2) is 43.7 Å². The van der Waals surface area contributed by atoms with Gasteiger partial charge in [-0.25, -0.2) is 0 Å². The zero-order valence-electron chi connectivity index (χ0n) is 12.0. The van der Waals surface area contributed by atoms with Crippen molar-refractivity contribution in [1.82, 2.24) is 4.90 Å². The predicted molar refractivity (Wildman–Crippen MR) is 73.2 cm³/mol. The van der Waals surface area contributed by atoms with Gasteiger partial charge in [-0.3, -0.25) is 4.79 Å². The zero-order valence-corrected chi connectivity index (χ0v) is 12.0. The standard InChI is InChI=1S/C14H28N2O2/c1-4-16(9-12-5-6-18-10-12)14(17)13(8-15)7-11(2)3/h11-13H,4-10,15H2,1-3H3. The molecule has 0 spiro atoms. The van der Waals surface area contributed by atoms with Crippen LogP contribution >= 0.6 is 0 Å². The maximum Gasteiger partial charge on any atom is 0.226 e. The van der Waals surface area contributed by atoms with Gasteiger partial charge >= 0.3 is 0 Å². The molecule has 0 aromatic rings. The fraction of sp³-hybridized carbons (Fsp3) is 0.929. The van der Waals surface area contributed by atoms with Crippen molar-refractivity contribution >= 4 is 5.91 Å². The van der Waals surface area contributed by atoms with Crippen LogP contribution in [0.4, 0.5) is 0 Å². The van der Waals surface area contributed by atoms with Crippen LogP contribution in [0.15, 0.2) is 0 Å². The van der Waals surface area contributed by atoms with Gasteiger partial charge in [-0.15, -0.1) is 0 Å². The third kappa shape index (κ3) is 4.58. The van der Waals surface area contributed by atoms with Gasteiger partial charge in [-0.2, -0.15) is 0 Å². The van der Waals surface area contributed by atoms with E-state index in [1.54, 1.807) is 0 Å². The van der Waals surface area contributed by atoms with Gasteiger partial charge in [0.25, 0.3) is 0 Å². The van der Waals surface area contributed by atoms with Crippen LogP contribution in [0.2, 0.25) is 0 Å². The maximum atomic E-state index is 12.4. The molecule has 1 aliphatic rings. The Balaban J connectivity index is 2.52. The number of hydrogen-bond donors (Lipinski definition) is 1. The second kappa shape index (κ2) is 7.74. The number of ether oxygens (including phenoxy) is 1. The van der Waals surface area contributed by atoms with E-state index in [1.165, 1.54) is 0 Å². The SMILES string of the molecule is CCN(CC1CCOC1)C(=O)C(CN)CC(C)C. The molecule has 18 heavy (non-hydrogen) atoms. The lowest BCUT2D eigenvalue weighted by atomic mass is 9.95. The Morgan fingerprint density at radius 3 is 2.67 bits per heavy atom. The molecule has 0 bridgehead atoms. The van der Waals surface area contributed by atoms with Gasteiger partial charge < -0.3 is 15.4 Å². The minimum Gasteiger partial charge on any atom is -0.381 e. The molecule has 0 aliphatic carbocycles. The molecule has 0 aromatic carbocycles. The minimum atomic E-state index is -0.0210. The molecule has 0 saturated carbocycles. The molecular formula is C14H28N2O2. The molecule has 0 aromatic heterocycles. The second-order valence-corrected chi connectivity index (χ2v) is 5.67. The van der Waals surface area contributed by atoms with E-state index in [2.05, 4.69) is 13.8 Å². The summed E-state index contributed by atoms with van der Waals surface area (Å²) in [6.45, 7) is 9.98. The van der Waals surface area contributed by atoms with E-state index in [0.717, 1.165) is 39.1 Å². The molecule has 2 atom stereocenters. The first kappa shape index (κ1) is 15.4. The summed E-state index contributed by atoms with van der Waals surface area (Å²) < 4.78 is 5.37. The van der Waals surface area contributed by atoms with Crippen LogP contribution in [-0.2, 0) is 9.53 Å². The molecular weight excluding hydrogens is 228 g/mol. The van der Waals surface area contributed by atoms with E-state index in [4.69, 9.17) is 10.5 Å². The highest BCUT2D eigenvalue weighted by molar-refractivity contribution is 5.79. The molecule has 1 aliphatic heterocycles. The minimum absolute atomic E-state index is 0.0210. The highest BCUT2D eigenvalue weighted by Gasteiger charge is 2.26. The quantitative estimate of drug-likeness (QED) is 0.751. The van der Waals surface area contributed by atoms with Crippen LogP contribution in [0.1, 0.15) is 33.6 Å². The van der Waals surface area contributed by atoms with Gasteiger partial charge in [0.05, 0.1) is 12.5 Å². The predicted octanol–water partition coefficient (Wildman–Crippen LogP) is 1.49. The number of nitrogens with two attached hydrogens (primary N) is 1. The van der Waals surface area contributed by atoms with Crippen LogP contribution < -0.4 is 5.73 Å². The third-order valence-electron chi connectivity index (χ3n) is 3.59. The lowest BCUT2D eigenvalue weighted by Crippen LogP contribution is -2.42. The molecule has 0 radical (unpaired) electrons. The molecule has 1 amide bonds. The first-order valence-electron chi connectivity index (χ1n) is 7.15. The Hall–Kier alpha value is -0.610. The summed E-state index contributed by atoms with van der Waals surface area (Å²) in [5, 5.41) is 0. The summed E-state index contributed by atoms with van der Waals surface area (Å²) in [4.78, 5) is 14.4. The van der Waals surface area contributed by atoms with E-state index in [9.17, 15) is 4.79 Å². The molecule has 4 nitrogen and oxygen atoms in total. The van der Waals surface area contributed by atoms with Crippen LogP contribution in [0.5, 0.6) is 0 Å². The van der Waals surface area contributed by atoms with Gasteiger partial charge in [0.15, 0.2) is 0 Å². The van der Waals surface area contributed by atoms with Crippen molar-refractivity contribution in [1.29, 1.82) is 0 Å². The lowest BCUT2D eigenvalue weighted by molar-refractivity contribution is -0.136. The second-order valence-electron chi connectivity index (χ2n) is 5.67. The smallest absolute Gasteiger partial charge is 0.226 e. The van der Waals surface area contributed by atoms with E-state index in [-0.39, 0.29) is 11.8 Å². The molecule has 106 valence electrons. The van der Waals surface area contributed by atoms with Crippen LogP contribution in [0.25, 0.3) is 0 Å². The fourth-order valence-electron chi connectivity index (χ4n) is 2.54. The normalized spacial score (nSPS) is 21.3. The summed E-state index contributed by atoms with van der Waals surface area (Å²) in [7, 11) is 0. The van der Waals surface area contributed by atoms with Crippen molar-refractivity contribution in [2.75, 3.05) is 32.8 Å². The monoisotopic (exact) mass is 256 g/mol. The van der Waals surface area contributed by atoms with Crippen LogP contribution in [0, 0.1) is 17.8 Å². The summed E-state index contributed by atoms with van der Waals surface area (Å²) in [6.07, 6.45) is 1.95. The summed E-state index contributed by atoms with van der Waals surface area (Å²) >= 11 is 0. The average molecular weight is 256 g/mol. The molecule has 1 saturated heterocycles. The summed E-state index contributed by atoms with van der Waals surface area (Å²) in [6, 6.07) is 0. The Kier molecular flexibility index (Phi) is 6.65. The van der Waals surface area contributed by atoms with E-state index in [1.807, 2.05) is 11.8 Å². The topological polar surface area (TPSA) is 55.6 Å². The van der Waals surface area contributed by atoms with Crippen molar-refractivity contribution in [3.8, 4) is 0 Å². The van der Waals surface area contributed by atoms with E-state index >= 15 is 0 Å². The van der Waals surface area contributed by atoms with Gasteiger partial charge in [0.2, 0.25) is 5.91 Å². The van der Waals surface area contributed by atoms with Crippen molar-refractivity contribution in [2.45, 2.75) is 33.6 Å².